The Morgan fingerprint density at radius 2 is 1.86 bits per heavy atom. The molecule has 0 aliphatic heterocycles. The van der Waals surface area contributed by atoms with Crippen LogP contribution in [-0.2, 0) is 0 Å². The molecule has 0 saturated heterocycles. The van der Waals surface area contributed by atoms with Crippen LogP contribution in [0.4, 0.5) is 0 Å². The molecule has 1 atom stereocenters. The largest absolute Gasteiger partial charge is 0.493 e. The van der Waals surface area contributed by atoms with Crippen LogP contribution >= 0.6 is 0 Å². The Labute approximate surface area is 129 Å². The summed E-state index contributed by atoms with van der Waals surface area (Å²) in [5.41, 5.74) is 1.21. The minimum atomic E-state index is 0.314. The number of nitrogens with zero attached hydrogens (tertiary/aromatic N) is 1. The lowest BCUT2D eigenvalue weighted by molar-refractivity contribution is 0.217. The Morgan fingerprint density at radius 1 is 1.14 bits per heavy atom. The van der Waals surface area contributed by atoms with Crippen LogP contribution in [0.25, 0.3) is 0 Å². The number of rotatable bonds is 10. The molecule has 1 aromatic carbocycles. The van der Waals surface area contributed by atoms with Crippen molar-refractivity contribution in [2.75, 3.05) is 39.9 Å². The summed E-state index contributed by atoms with van der Waals surface area (Å²) < 4.78 is 11.3. The van der Waals surface area contributed by atoms with E-state index in [0.29, 0.717) is 12.6 Å². The average Bonchev–Trinajstić information content (AvgIpc) is 2.51. The van der Waals surface area contributed by atoms with Crippen molar-refractivity contribution < 1.29 is 9.47 Å². The molecule has 0 spiro atoms. The summed E-state index contributed by atoms with van der Waals surface area (Å²) in [5.74, 6) is 1.62. The Balaban J connectivity index is 2.66. The number of methoxy groups -OCH3 is 1. The maximum Gasteiger partial charge on any atom is 0.161 e. The van der Waals surface area contributed by atoms with E-state index in [1.807, 2.05) is 6.07 Å². The van der Waals surface area contributed by atoms with E-state index >= 15 is 0 Å². The number of likely N-dealkylation sites (N-methyl/N-ethyl adjacent to an activating group) is 1. The Kier molecular flexibility index (Phi) is 8.16. The summed E-state index contributed by atoms with van der Waals surface area (Å²) in [5, 5.41) is 3.40. The molecule has 1 aromatic rings. The van der Waals surface area contributed by atoms with Crippen LogP contribution < -0.4 is 14.8 Å². The molecule has 1 unspecified atom stereocenters. The van der Waals surface area contributed by atoms with Gasteiger partial charge >= 0.3 is 0 Å². The standard InChI is InChI=1S/C17H30N2O2/c1-6-18-14(4)15-9-10-16(17(13-15)20-5)21-12-11-19(7-2)8-3/h9-10,13-14,18H,6-8,11-12H2,1-5H3. The van der Waals surface area contributed by atoms with Crippen LogP contribution in [-0.4, -0.2) is 44.8 Å². The third-order valence-corrected chi connectivity index (χ3v) is 3.76. The van der Waals surface area contributed by atoms with Gasteiger partial charge in [-0.3, -0.25) is 0 Å². The lowest BCUT2D eigenvalue weighted by Crippen LogP contribution is -2.28. The van der Waals surface area contributed by atoms with Gasteiger partial charge in [-0.25, -0.2) is 0 Å². The maximum atomic E-state index is 5.87. The first kappa shape index (κ1) is 17.8. The second-order valence-electron chi connectivity index (χ2n) is 5.07. The fourth-order valence-electron chi connectivity index (χ4n) is 2.32. The molecule has 0 bridgehead atoms. The predicted molar refractivity (Wildman–Crippen MR) is 88.4 cm³/mol. The predicted octanol–water partition coefficient (Wildman–Crippen LogP) is 3.09. The number of ether oxygens (including phenoxy) is 2. The first-order valence-corrected chi connectivity index (χ1v) is 7.92. The highest BCUT2D eigenvalue weighted by molar-refractivity contribution is 5.43. The van der Waals surface area contributed by atoms with E-state index in [0.717, 1.165) is 37.7 Å². The highest BCUT2D eigenvalue weighted by atomic mass is 16.5. The Morgan fingerprint density at radius 3 is 2.43 bits per heavy atom. The highest BCUT2D eigenvalue weighted by Gasteiger charge is 2.10. The van der Waals surface area contributed by atoms with Gasteiger partial charge in [-0.05, 0) is 44.3 Å². The lowest BCUT2D eigenvalue weighted by Gasteiger charge is -2.19. The molecule has 0 saturated carbocycles. The topological polar surface area (TPSA) is 33.7 Å². The Bertz CT molecular complexity index is 406. The van der Waals surface area contributed by atoms with Crippen molar-refractivity contribution in [1.29, 1.82) is 0 Å². The van der Waals surface area contributed by atoms with Gasteiger partial charge in [-0.2, -0.15) is 0 Å². The summed E-state index contributed by atoms with van der Waals surface area (Å²) in [6, 6.07) is 6.47. The second-order valence-corrected chi connectivity index (χ2v) is 5.07. The molecule has 0 heterocycles. The smallest absolute Gasteiger partial charge is 0.161 e. The first-order valence-electron chi connectivity index (χ1n) is 7.92. The summed E-state index contributed by atoms with van der Waals surface area (Å²) in [4.78, 5) is 2.34. The first-order chi connectivity index (χ1) is 10.2. The average molecular weight is 294 g/mol. The minimum absolute atomic E-state index is 0.314. The minimum Gasteiger partial charge on any atom is -0.493 e. The Hall–Kier alpha value is -1.26. The zero-order chi connectivity index (χ0) is 15.7. The summed E-state index contributed by atoms with van der Waals surface area (Å²) in [6.07, 6.45) is 0. The fourth-order valence-corrected chi connectivity index (χ4v) is 2.32. The normalized spacial score (nSPS) is 12.5. The van der Waals surface area contributed by atoms with Crippen molar-refractivity contribution in [3.8, 4) is 11.5 Å². The third kappa shape index (κ3) is 5.56. The fraction of sp³-hybridized carbons (Fsp3) is 0.647. The van der Waals surface area contributed by atoms with Crippen LogP contribution in [0.1, 0.15) is 39.3 Å². The number of hydrogen-bond acceptors (Lipinski definition) is 4. The van der Waals surface area contributed by atoms with Crippen molar-refractivity contribution in [1.82, 2.24) is 10.2 Å². The van der Waals surface area contributed by atoms with Gasteiger partial charge in [0.1, 0.15) is 6.61 Å². The molecular weight excluding hydrogens is 264 g/mol. The molecule has 1 rings (SSSR count). The molecule has 4 nitrogen and oxygen atoms in total. The van der Waals surface area contributed by atoms with Crippen molar-refractivity contribution in [3.05, 3.63) is 23.8 Å². The molecule has 0 radical (unpaired) electrons. The van der Waals surface area contributed by atoms with Crippen molar-refractivity contribution in [3.63, 3.8) is 0 Å². The van der Waals surface area contributed by atoms with E-state index in [9.17, 15) is 0 Å². The van der Waals surface area contributed by atoms with Crippen molar-refractivity contribution >= 4 is 0 Å². The number of hydrogen-bond donors (Lipinski definition) is 1. The van der Waals surface area contributed by atoms with Gasteiger partial charge < -0.3 is 19.7 Å². The van der Waals surface area contributed by atoms with Crippen molar-refractivity contribution in [2.45, 2.75) is 33.7 Å². The highest BCUT2D eigenvalue weighted by Crippen LogP contribution is 2.30. The molecule has 0 fully saturated rings. The van der Waals surface area contributed by atoms with E-state index in [-0.39, 0.29) is 0 Å². The van der Waals surface area contributed by atoms with E-state index in [1.54, 1.807) is 7.11 Å². The monoisotopic (exact) mass is 294 g/mol. The van der Waals surface area contributed by atoms with Crippen LogP contribution in [0.2, 0.25) is 0 Å². The summed E-state index contributed by atoms with van der Waals surface area (Å²) in [7, 11) is 1.69. The van der Waals surface area contributed by atoms with Crippen LogP contribution in [0.15, 0.2) is 18.2 Å². The molecule has 0 aliphatic rings. The molecule has 0 amide bonds. The van der Waals surface area contributed by atoms with E-state index in [4.69, 9.17) is 9.47 Å². The quantitative estimate of drug-likeness (QED) is 0.719. The molecule has 21 heavy (non-hydrogen) atoms. The maximum absolute atomic E-state index is 5.87. The second kappa shape index (κ2) is 9.64. The zero-order valence-electron chi connectivity index (χ0n) is 14.1. The van der Waals surface area contributed by atoms with Gasteiger partial charge in [-0.15, -0.1) is 0 Å². The van der Waals surface area contributed by atoms with Gasteiger partial charge in [0.2, 0.25) is 0 Å². The van der Waals surface area contributed by atoms with Crippen molar-refractivity contribution in [2.24, 2.45) is 0 Å². The van der Waals surface area contributed by atoms with E-state index in [2.05, 4.69) is 50.0 Å². The summed E-state index contributed by atoms with van der Waals surface area (Å²) >= 11 is 0. The summed E-state index contributed by atoms with van der Waals surface area (Å²) in [6.45, 7) is 13.3. The van der Waals surface area contributed by atoms with Crippen LogP contribution in [0.3, 0.4) is 0 Å². The van der Waals surface area contributed by atoms with E-state index < -0.39 is 0 Å². The third-order valence-electron chi connectivity index (χ3n) is 3.76. The SMILES string of the molecule is CCNC(C)c1ccc(OCCN(CC)CC)c(OC)c1. The van der Waals surface area contributed by atoms with Gasteiger partial charge in [0.15, 0.2) is 11.5 Å². The molecule has 0 aromatic heterocycles. The van der Waals surface area contributed by atoms with Crippen LogP contribution in [0, 0.1) is 0 Å². The number of nitrogens with one attached hydrogen (secondary N) is 1. The number of benzene rings is 1. The molecular formula is C17H30N2O2. The van der Waals surface area contributed by atoms with Gasteiger partial charge in [-0.1, -0.05) is 26.8 Å². The lowest BCUT2D eigenvalue weighted by atomic mass is 10.1. The van der Waals surface area contributed by atoms with Gasteiger partial charge in [0, 0.05) is 12.6 Å². The zero-order valence-corrected chi connectivity index (χ0v) is 14.1. The molecule has 4 heteroatoms. The molecule has 1 N–H and O–H groups in total. The van der Waals surface area contributed by atoms with E-state index in [1.165, 1.54) is 5.56 Å². The molecule has 0 aliphatic carbocycles. The van der Waals surface area contributed by atoms with Gasteiger partial charge in [0.05, 0.1) is 7.11 Å². The molecule has 120 valence electrons. The van der Waals surface area contributed by atoms with Crippen LogP contribution in [0.5, 0.6) is 11.5 Å². The van der Waals surface area contributed by atoms with Gasteiger partial charge in [0.25, 0.3) is 0 Å².